The highest BCUT2D eigenvalue weighted by atomic mass is 35.5. The number of halogens is 2. The lowest BCUT2D eigenvalue weighted by molar-refractivity contribution is 0.881. The Hall–Kier alpha value is -3.23. The zero-order valence-corrected chi connectivity index (χ0v) is 15.4. The standard InChI is InChI=1S/C17H13ClN8.ClH/c18-14-4-2-1-3-12(14)13-9-20-17(22-15(13)19)21-11-7-5-10(6-8-11)16-23-25-26-24-16;/h1-9H,(H3,19,20,21,22)(H,23,24,25,26);1H. The number of hydrogen-bond donors (Lipinski definition) is 3. The van der Waals surface area contributed by atoms with Gasteiger partial charge in [-0.1, -0.05) is 29.8 Å². The van der Waals surface area contributed by atoms with Gasteiger partial charge in [0.05, 0.1) is 0 Å². The van der Waals surface area contributed by atoms with Gasteiger partial charge in [0.1, 0.15) is 5.82 Å². The summed E-state index contributed by atoms with van der Waals surface area (Å²) in [5.41, 5.74) is 9.22. The summed E-state index contributed by atoms with van der Waals surface area (Å²) in [6.07, 6.45) is 1.65. The van der Waals surface area contributed by atoms with Crippen molar-refractivity contribution in [3.8, 4) is 22.5 Å². The second-order valence-corrected chi connectivity index (χ2v) is 5.82. The highest BCUT2D eigenvalue weighted by Gasteiger charge is 2.10. The van der Waals surface area contributed by atoms with Crippen molar-refractivity contribution in [1.29, 1.82) is 0 Å². The van der Waals surface area contributed by atoms with Crippen LogP contribution in [0.2, 0.25) is 5.02 Å². The summed E-state index contributed by atoms with van der Waals surface area (Å²) in [6.45, 7) is 0. The smallest absolute Gasteiger partial charge is 0.229 e. The number of hydrogen-bond acceptors (Lipinski definition) is 7. The molecule has 136 valence electrons. The van der Waals surface area contributed by atoms with Gasteiger partial charge in [0.25, 0.3) is 0 Å². The number of anilines is 3. The number of tetrazole rings is 1. The molecule has 4 N–H and O–H groups in total. The van der Waals surface area contributed by atoms with E-state index in [2.05, 4.69) is 35.9 Å². The number of nitrogen functional groups attached to an aromatic ring is 1. The highest BCUT2D eigenvalue weighted by molar-refractivity contribution is 6.33. The zero-order valence-electron chi connectivity index (χ0n) is 13.8. The number of aromatic nitrogens is 6. The first kappa shape index (κ1) is 18.6. The molecule has 8 nitrogen and oxygen atoms in total. The second kappa shape index (κ2) is 7.98. The van der Waals surface area contributed by atoms with E-state index in [-0.39, 0.29) is 12.4 Å². The van der Waals surface area contributed by atoms with Crippen LogP contribution in [-0.4, -0.2) is 30.6 Å². The highest BCUT2D eigenvalue weighted by Crippen LogP contribution is 2.31. The fraction of sp³-hybridized carbons (Fsp3) is 0. The van der Waals surface area contributed by atoms with Crippen molar-refractivity contribution in [3.63, 3.8) is 0 Å². The Kier molecular flexibility index (Phi) is 5.49. The van der Waals surface area contributed by atoms with Gasteiger partial charge in [0, 0.05) is 33.6 Å². The first-order valence-electron chi connectivity index (χ1n) is 7.69. The minimum atomic E-state index is 0. The maximum atomic E-state index is 6.21. The van der Waals surface area contributed by atoms with E-state index in [9.17, 15) is 0 Å². The first-order valence-corrected chi connectivity index (χ1v) is 8.07. The summed E-state index contributed by atoms with van der Waals surface area (Å²) in [5.74, 6) is 1.27. The molecular weight excluding hydrogens is 387 g/mol. The molecule has 2 aromatic carbocycles. The molecule has 0 fully saturated rings. The minimum Gasteiger partial charge on any atom is -0.383 e. The number of H-pyrrole nitrogens is 1. The third-order valence-corrected chi connectivity index (χ3v) is 4.06. The van der Waals surface area contributed by atoms with E-state index in [1.54, 1.807) is 12.3 Å². The number of nitrogens with one attached hydrogen (secondary N) is 2. The van der Waals surface area contributed by atoms with Crippen molar-refractivity contribution in [2.75, 3.05) is 11.1 Å². The van der Waals surface area contributed by atoms with Crippen molar-refractivity contribution in [2.24, 2.45) is 0 Å². The molecule has 4 aromatic rings. The number of nitrogens with two attached hydrogens (primary N) is 1. The van der Waals surface area contributed by atoms with Gasteiger partial charge in [0.2, 0.25) is 11.8 Å². The average molecular weight is 401 g/mol. The van der Waals surface area contributed by atoms with Crippen molar-refractivity contribution < 1.29 is 0 Å². The van der Waals surface area contributed by atoms with Crippen LogP contribution in [0, 0.1) is 0 Å². The molecule has 4 rings (SSSR count). The molecule has 2 heterocycles. The lowest BCUT2D eigenvalue weighted by Crippen LogP contribution is -2.02. The van der Waals surface area contributed by atoms with Gasteiger partial charge < -0.3 is 11.1 Å². The molecule has 0 saturated heterocycles. The number of aromatic amines is 1. The van der Waals surface area contributed by atoms with Crippen LogP contribution in [-0.2, 0) is 0 Å². The van der Waals surface area contributed by atoms with E-state index < -0.39 is 0 Å². The second-order valence-electron chi connectivity index (χ2n) is 5.41. The molecule has 0 aliphatic rings. The van der Waals surface area contributed by atoms with E-state index in [4.69, 9.17) is 17.3 Å². The van der Waals surface area contributed by atoms with Gasteiger partial charge in [-0.05, 0) is 35.5 Å². The van der Waals surface area contributed by atoms with Gasteiger partial charge in [-0.25, -0.2) is 4.98 Å². The summed E-state index contributed by atoms with van der Waals surface area (Å²) >= 11 is 6.21. The number of nitrogens with zero attached hydrogens (tertiary/aromatic N) is 5. The molecule has 0 unspecified atom stereocenters. The van der Waals surface area contributed by atoms with Crippen LogP contribution in [0.4, 0.5) is 17.5 Å². The molecule has 0 spiro atoms. The molecule has 0 aliphatic carbocycles. The molecule has 0 saturated carbocycles. The van der Waals surface area contributed by atoms with Gasteiger partial charge in [-0.3, -0.25) is 0 Å². The molecule has 0 amide bonds. The first-order chi connectivity index (χ1) is 12.7. The minimum absolute atomic E-state index is 0. The molecule has 27 heavy (non-hydrogen) atoms. The van der Waals surface area contributed by atoms with Gasteiger partial charge in [-0.15, -0.1) is 22.6 Å². The summed E-state index contributed by atoms with van der Waals surface area (Å²) < 4.78 is 0. The largest absolute Gasteiger partial charge is 0.383 e. The lowest BCUT2D eigenvalue weighted by atomic mass is 10.1. The van der Waals surface area contributed by atoms with E-state index in [1.165, 1.54) is 0 Å². The van der Waals surface area contributed by atoms with Crippen LogP contribution in [0.15, 0.2) is 54.7 Å². The van der Waals surface area contributed by atoms with Crippen LogP contribution in [0.1, 0.15) is 0 Å². The quantitative estimate of drug-likeness (QED) is 0.477. The number of rotatable bonds is 4. The zero-order chi connectivity index (χ0) is 17.9. The summed E-state index contributed by atoms with van der Waals surface area (Å²) in [7, 11) is 0. The molecular formula is C17H14Cl2N8. The fourth-order valence-electron chi connectivity index (χ4n) is 2.46. The van der Waals surface area contributed by atoms with E-state index in [0.29, 0.717) is 28.2 Å². The summed E-state index contributed by atoms with van der Waals surface area (Å²) in [6, 6.07) is 14.9. The summed E-state index contributed by atoms with van der Waals surface area (Å²) in [5, 5.41) is 17.5. The maximum absolute atomic E-state index is 6.21. The summed E-state index contributed by atoms with van der Waals surface area (Å²) in [4.78, 5) is 8.64. The SMILES string of the molecule is Cl.Nc1nc(Nc2ccc(-c3nn[nH]n3)cc2)ncc1-c1ccccc1Cl. The molecule has 0 atom stereocenters. The van der Waals surface area contributed by atoms with Gasteiger partial charge >= 0.3 is 0 Å². The topological polar surface area (TPSA) is 118 Å². The third kappa shape index (κ3) is 3.97. The van der Waals surface area contributed by atoms with Crippen molar-refractivity contribution in [2.45, 2.75) is 0 Å². The van der Waals surface area contributed by atoms with E-state index in [0.717, 1.165) is 16.8 Å². The monoisotopic (exact) mass is 400 g/mol. The maximum Gasteiger partial charge on any atom is 0.229 e. The van der Waals surface area contributed by atoms with E-state index >= 15 is 0 Å². The average Bonchev–Trinajstić information content (AvgIpc) is 3.18. The van der Waals surface area contributed by atoms with Gasteiger partial charge in [0.15, 0.2) is 0 Å². The molecule has 2 aromatic heterocycles. The molecule has 0 bridgehead atoms. The molecule has 0 aliphatic heterocycles. The van der Waals surface area contributed by atoms with Crippen LogP contribution < -0.4 is 11.1 Å². The Morgan fingerprint density at radius 1 is 1.00 bits per heavy atom. The predicted molar refractivity (Wildman–Crippen MR) is 107 cm³/mol. The van der Waals surface area contributed by atoms with E-state index in [1.807, 2.05) is 42.5 Å². The normalized spacial score (nSPS) is 10.3. The predicted octanol–water partition coefficient (Wildman–Crippen LogP) is 3.72. The molecule has 0 radical (unpaired) electrons. The van der Waals surface area contributed by atoms with Crippen molar-refractivity contribution in [3.05, 3.63) is 59.8 Å². The Balaban J connectivity index is 0.00000210. The number of benzene rings is 2. The Morgan fingerprint density at radius 2 is 1.78 bits per heavy atom. The molecule has 10 heteroatoms. The van der Waals surface area contributed by atoms with Crippen LogP contribution in [0.25, 0.3) is 22.5 Å². The van der Waals surface area contributed by atoms with Crippen LogP contribution in [0.3, 0.4) is 0 Å². The van der Waals surface area contributed by atoms with Crippen molar-refractivity contribution >= 4 is 41.5 Å². The van der Waals surface area contributed by atoms with Gasteiger partial charge in [-0.2, -0.15) is 10.2 Å². The van der Waals surface area contributed by atoms with Crippen LogP contribution in [0.5, 0.6) is 0 Å². The third-order valence-electron chi connectivity index (χ3n) is 3.73. The van der Waals surface area contributed by atoms with Crippen molar-refractivity contribution in [1.82, 2.24) is 30.6 Å². The lowest BCUT2D eigenvalue weighted by Gasteiger charge is -2.10. The Bertz CT molecular complexity index is 1040. The van der Waals surface area contributed by atoms with Crippen LogP contribution >= 0.6 is 24.0 Å². The fourth-order valence-corrected chi connectivity index (χ4v) is 2.70. The Labute approximate surface area is 165 Å². The Morgan fingerprint density at radius 3 is 2.44 bits per heavy atom.